The third-order valence-corrected chi connectivity index (χ3v) is 9.27. The van der Waals surface area contributed by atoms with Gasteiger partial charge in [0, 0.05) is 17.8 Å². The van der Waals surface area contributed by atoms with E-state index in [9.17, 15) is 40.4 Å². The maximum Gasteiger partial charge on any atom is 0.573 e. The van der Waals surface area contributed by atoms with Crippen LogP contribution in [0.1, 0.15) is 47.3 Å². The van der Waals surface area contributed by atoms with Gasteiger partial charge in [0.15, 0.2) is 9.84 Å². The maximum absolute atomic E-state index is 13.1. The minimum Gasteiger partial charge on any atom is -0.406 e. The highest BCUT2D eigenvalue weighted by Gasteiger charge is 2.34. The van der Waals surface area contributed by atoms with Crippen LogP contribution in [0.15, 0.2) is 77.7 Å². The van der Waals surface area contributed by atoms with Gasteiger partial charge in [-0.25, -0.2) is 8.42 Å². The Kier molecular flexibility index (Phi) is 11.8. The predicted octanol–water partition coefficient (Wildman–Crippen LogP) is 6.17. The van der Waals surface area contributed by atoms with Crippen LogP contribution in [0, 0.1) is 11.3 Å². The molecule has 1 heterocycles. The standard InChI is InChI=1S/C32H32F5N3O6S/c1-2-47(42,43)28-13-7-22(8-14-28)29(15-16-38)39-30(41)23-5-9-24(10-6-23)40-18-27(17-25(40)20-45-31(33)34)44-19-21-3-11-26(12-4-21)46-32(35,36)37/h3-14,25,27,29,31H,2,15,17-20H2,1H3,(H,39,41)/t25-,27-,29-/m0/s1. The van der Waals surface area contributed by atoms with E-state index in [2.05, 4.69) is 14.8 Å². The van der Waals surface area contributed by atoms with E-state index in [1.54, 1.807) is 36.4 Å². The van der Waals surface area contributed by atoms with Crippen molar-refractivity contribution in [3.05, 3.63) is 89.5 Å². The second-order valence-corrected chi connectivity index (χ2v) is 12.9. The molecule has 1 N–H and O–H groups in total. The summed E-state index contributed by atoms with van der Waals surface area (Å²) in [7, 11) is -3.41. The van der Waals surface area contributed by atoms with Gasteiger partial charge in [-0.2, -0.15) is 14.0 Å². The first kappa shape index (κ1) is 35.6. The Balaban J connectivity index is 1.41. The van der Waals surface area contributed by atoms with Crippen LogP contribution in [-0.4, -0.2) is 58.3 Å². The first-order valence-corrected chi connectivity index (χ1v) is 16.2. The molecule has 47 heavy (non-hydrogen) atoms. The van der Waals surface area contributed by atoms with Crippen LogP contribution in [0.3, 0.4) is 0 Å². The van der Waals surface area contributed by atoms with Gasteiger partial charge in [0.25, 0.3) is 5.91 Å². The van der Waals surface area contributed by atoms with Gasteiger partial charge in [-0.1, -0.05) is 31.2 Å². The Morgan fingerprint density at radius 2 is 1.70 bits per heavy atom. The van der Waals surface area contributed by atoms with Crippen molar-refractivity contribution >= 4 is 21.4 Å². The van der Waals surface area contributed by atoms with Crippen molar-refractivity contribution in [1.82, 2.24) is 5.32 Å². The summed E-state index contributed by atoms with van der Waals surface area (Å²) in [5.74, 6) is -0.907. The van der Waals surface area contributed by atoms with Crippen molar-refractivity contribution in [2.24, 2.45) is 0 Å². The Bertz CT molecular complexity index is 1630. The molecule has 0 spiro atoms. The van der Waals surface area contributed by atoms with Crippen molar-refractivity contribution in [1.29, 1.82) is 5.26 Å². The number of amides is 1. The van der Waals surface area contributed by atoms with E-state index in [4.69, 9.17) is 4.74 Å². The van der Waals surface area contributed by atoms with Crippen molar-refractivity contribution in [2.75, 3.05) is 23.8 Å². The molecule has 252 valence electrons. The summed E-state index contributed by atoms with van der Waals surface area (Å²) in [4.78, 5) is 15.1. The average molecular weight is 682 g/mol. The van der Waals surface area contributed by atoms with Gasteiger partial charge >= 0.3 is 13.0 Å². The molecule has 15 heteroatoms. The van der Waals surface area contributed by atoms with E-state index < -0.39 is 46.9 Å². The lowest BCUT2D eigenvalue weighted by Gasteiger charge is -2.26. The highest BCUT2D eigenvalue weighted by Crippen LogP contribution is 2.30. The van der Waals surface area contributed by atoms with E-state index in [1.807, 2.05) is 11.0 Å². The van der Waals surface area contributed by atoms with Crippen molar-refractivity contribution in [3.63, 3.8) is 0 Å². The van der Waals surface area contributed by atoms with Crippen LogP contribution in [0.5, 0.6) is 5.75 Å². The molecule has 9 nitrogen and oxygen atoms in total. The number of ether oxygens (including phenoxy) is 3. The molecule has 1 aliphatic heterocycles. The van der Waals surface area contributed by atoms with Gasteiger partial charge in [0.1, 0.15) is 5.75 Å². The maximum atomic E-state index is 13.1. The molecule has 3 aromatic carbocycles. The smallest absolute Gasteiger partial charge is 0.406 e. The van der Waals surface area contributed by atoms with E-state index in [1.165, 1.54) is 43.3 Å². The third kappa shape index (κ3) is 10.1. The normalized spacial score (nSPS) is 17.4. The van der Waals surface area contributed by atoms with Crippen LogP contribution in [0.4, 0.5) is 27.6 Å². The molecule has 0 aromatic heterocycles. The number of nitrogens with zero attached hydrogens (tertiary/aromatic N) is 2. The molecule has 4 rings (SSSR count). The second kappa shape index (κ2) is 15.6. The highest BCUT2D eigenvalue weighted by atomic mass is 32.2. The van der Waals surface area contributed by atoms with Gasteiger partial charge in [0.05, 0.1) is 54.5 Å². The lowest BCUT2D eigenvalue weighted by molar-refractivity contribution is -0.274. The molecule has 3 aromatic rings. The van der Waals surface area contributed by atoms with Crippen molar-refractivity contribution in [2.45, 2.75) is 62.4 Å². The highest BCUT2D eigenvalue weighted by molar-refractivity contribution is 7.91. The zero-order valence-corrected chi connectivity index (χ0v) is 25.9. The summed E-state index contributed by atoms with van der Waals surface area (Å²) in [5.41, 5.74) is 2.03. The SMILES string of the molecule is CCS(=O)(=O)c1ccc([C@H](CC#N)NC(=O)c2ccc(N3C[C@@H](OCc4ccc(OC(F)(F)F)cc4)C[C@H]3COC(F)F)cc2)cc1. The first-order valence-electron chi connectivity index (χ1n) is 14.5. The van der Waals surface area contributed by atoms with Crippen LogP contribution in [0.25, 0.3) is 0 Å². The molecule has 0 bridgehead atoms. The lowest BCUT2D eigenvalue weighted by atomic mass is 10.0. The minimum atomic E-state index is -4.81. The number of anilines is 1. The van der Waals surface area contributed by atoms with Crippen molar-refractivity contribution < 1.29 is 49.4 Å². The quantitative estimate of drug-likeness (QED) is 0.201. The van der Waals surface area contributed by atoms with Gasteiger partial charge in [-0.05, 0) is 66.1 Å². The molecular weight excluding hydrogens is 649 g/mol. The number of alkyl halides is 5. The third-order valence-electron chi connectivity index (χ3n) is 7.52. The fraction of sp³-hybridized carbons (Fsp3) is 0.375. The molecular formula is C32H32F5N3O6S. The van der Waals surface area contributed by atoms with Crippen LogP contribution >= 0.6 is 0 Å². The zero-order valence-electron chi connectivity index (χ0n) is 25.1. The molecule has 3 atom stereocenters. The van der Waals surface area contributed by atoms with E-state index in [-0.39, 0.29) is 41.6 Å². The lowest BCUT2D eigenvalue weighted by Crippen LogP contribution is -2.34. The van der Waals surface area contributed by atoms with Crippen molar-refractivity contribution in [3.8, 4) is 11.8 Å². The van der Waals surface area contributed by atoms with Gasteiger partial charge in [-0.15, -0.1) is 13.2 Å². The number of hydrogen-bond acceptors (Lipinski definition) is 8. The first-order chi connectivity index (χ1) is 22.3. The van der Waals surface area contributed by atoms with E-state index >= 15 is 0 Å². The molecule has 1 saturated heterocycles. The summed E-state index contributed by atoms with van der Waals surface area (Å²) in [5, 5.41) is 12.1. The molecule has 0 saturated carbocycles. The number of sulfone groups is 1. The van der Waals surface area contributed by atoms with Gasteiger partial charge in [-0.3, -0.25) is 4.79 Å². The van der Waals surface area contributed by atoms with Crippen LogP contribution in [0.2, 0.25) is 0 Å². The largest absolute Gasteiger partial charge is 0.573 e. The van der Waals surface area contributed by atoms with Gasteiger partial charge < -0.3 is 24.4 Å². The summed E-state index contributed by atoms with van der Waals surface area (Å²) in [6, 6.07) is 18.4. The average Bonchev–Trinajstić information content (AvgIpc) is 3.45. The van der Waals surface area contributed by atoms with Crippen LogP contribution in [-0.2, 0) is 25.9 Å². The number of benzene rings is 3. The van der Waals surface area contributed by atoms with E-state index in [0.717, 1.165) is 0 Å². The minimum absolute atomic E-state index is 0.0594. The monoisotopic (exact) mass is 681 g/mol. The number of hydrogen-bond donors (Lipinski definition) is 1. The predicted molar refractivity (Wildman–Crippen MR) is 160 cm³/mol. The fourth-order valence-corrected chi connectivity index (χ4v) is 6.00. The topological polar surface area (TPSA) is 118 Å². The Hall–Kier alpha value is -4.26. The number of carbonyl (C=O) groups excluding carboxylic acids is 1. The Morgan fingerprint density at radius 3 is 2.28 bits per heavy atom. The molecule has 0 unspecified atom stereocenters. The molecule has 1 aliphatic rings. The fourth-order valence-electron chi connectivity index (χ4n) is 5.12. The number of carbonyl (C=O) groups is 1. The summed E-state index contributed by atoms with van der Waals surface area (Å²) < 4.78 is 102. The van der Waals surface area contributed by atoms with Crippen LogP contribution < -0.4 is 15.0 Å². The summed E-state index contributed by atoms with van der Waals surface area (Å²) >= 11 is 0. The summed E-state index contributed by atoms with van der Waals surface area (Å²) in [6.45, 7) is -1.38. The number of halogens is 5. The second-order valence-electron chi connectivity index (χ2n) is 10.7. The van der Waals surface area contributed by atoms with E-state index in [0.29, 0.717) is 29.8 Å². The number of nitriles is 1. The molecule has 0 aliphatic carbocycles. The Morgan fingerprint density at radius 1 is 1.04 bits per heavy atom. The molecule has 1 amide bonds. The van der Waals surface area contributed by atoms with Gasteiger partial charge in [0.2, 0.25) is 0 Å². The Labute approximate surface area is 268 Å². The number of nitrogens with one attached hydrogen (secondary N) is 1. The summed E-state index contributed by atoms with van der Waals surface area (Å²) in [6.07, 6.45) is -4.95. The molecule has 1 fully saturated rings. The zero-order chi connectivity index (χ0) is 34.2. The number of rotatable bonds is 14. The molecule has 0 radical (unpaired) electrons.